The van der Waals surface area contributed by atoms with Gasteiger partial charge in [0.1, 0.15) is 36.9 Å². The summed E-state index contributed by atoms with van der Waals surface area (Å²) in [6.45, 7) is 15.3. The third-order valence-electron chi connectivity index (χ3n) is 14.9. The van der Waals surface area contributed by atoms with Crippen molar-refractivity contribution in [1.82, 2.24) is 4.57 Å². The van der Waals surface area contributed by atoms with E-state index in [-0.39, 0.29) is 26.3 Å². The standard InChI is InChI=1S/C70H79N11O4/c1-8-77(9-2)61-37-35-55(47-71-75(6)57-25-17-13-18-26-57)69(43-61)84-51-63(82)49-80(59-29-21-15-22-30-59)73-45-53-33-39-67-65(41-53)66-42-54(34-40-68(66)79(67)12-5)46-74-81(60-31-23-16-24-32-60)50-64(83)52-85-70-44-62(78(10-3)11-4)38-36-56(70)48-72-76(7)58-27-19-14-20-28-58/h13-48,63-64,82-83H,8-12,49-52H2,1-7H3/b71-47+,72-48+,73-45+,74-46+. The van der Waals surface area contributed by atoms with Gasteiger partial charge < -0.3 is 34.1 Å². The van der Waals surface area contributed by atoms with Gasteiger partial charge in [-0.05, 0) is 143 Å². The molecule has 0 aliphatic carbocycles. The van der Waals surface area contributed by atoms with Gasteiger partial charge in [-0.2, -0.15) is 20.4 Å². The second-order valence-corrected chi connectivity index (χ2v) is 20.5. The number of benzene rings is 8. The van der Waals surface area contributed by atoms with Gasteiger partial charge >= 0.3 is 0 Å². The van der Waals surface area contributed by atoms with Crippen molar-refractivity contribution in [2.75, 3.05) is 96.4 Å². The zero-order valence-corrected chi connectivity index (χ0v) is 49.9. The number of aliphatic hydroxyl groups is 2. The molecule has 2 atom stereocenters. The highest BCUT2D eigenvalue weighted by atomic mass is 16.5. The molecule has 1 aromatic heterocycles. The van der Waals surface area contributed by atoms with Gasteiger partial charge in [-0.25, -0.2) is 0 Å². The number of aliphatic hydroxyl groups excluding tert-OH is 2. The van der Waals surface area contributed by atoms with Crippen LogP contribution in [0.15, 0.2) is 215 Å². The van der Waals surface area contributed by atoms with Crippen LogP contribution in [0.1, 0.15) is 56.9 Å². The molecule has 2 N–H and O–H groups in total. The second-order valence-electron chi connectivity index (χ2n) is 20.5. The number of aromatic nitrogens is 1. The first kappa shape index (κ1) is 60.2. The number of hydrogen-bond donors (Lipinski definition) is 2. The van der Waals surface area contributed by atoms with Gasteiger partial charge in [-0.15, -0.1) is 0 Å². The van der Waals surface area contributed by atoms with Crippen LogP contribution in [0, 0.1) is 0 Å². The number of hydrogen-bond acceptors (Lipinski definition) is 14. The van der Waals surface area contributed by atoms with Crippen molar-refractivity contribution < 1.29 is 19.7 Å². The predicted octanol–water partition coefficient (Wildman–Crippen LogP) is 13.0. The highest BCUT2D eigenvalue weighted by molar-refractivity contribution is 6.11. The first-order valence-electron chi connectivity index (χ1n) is 29.4. The Hall–Kier alpha value is -9.44. The van der Waals surface area contributed by atoms with Gasteiger partial charge in [0.2, 0.25) is 0 Å². The minimum Gasteiger partial charge on any atom is -0.490 e. The average Bonchev–Trinajstić information content (AvgIpc) is 1.98. The van der Waals surface area contributed by atoms with E-state index in [9.17, 15) is 10.2 Å². The fraction of sp³-hybridized carbons (Fsp3) is 0.257. The van der Waals surface area contributed by atoms with Crippen LogP contribution in [0.4, 0.5) is 34.1 Å². The monoisotopic (exact) mass is 1140 g/mol. The van der Waals surface area contributed by atoms with Crippen molar-refractivity contribution in [3.05, 3.63) is 216 Å². The van der Waals surface area contributed by atoms with E-state index in [1.54, 1.807) is 12.4 Å². The second kappa shape index (κ2) is 29.7. The number of ether oxygens (including phenoxy) is 2. The van der Waals surface area contributed by atoms with Crippen LogP contribution in [0.3, 0.4) is 0 Å². The molecule has 0 saturated carbocycles. The van der Waals surface area contributed by atoms with Crippen LogP contribution in [0.5, 0.6) is 11.5 Å². The van der Waals surface area contributed by atoms with Crippen molar-refractivity contribution in [3.8, 4) is 11.5 Å². The number of aryl methyl sites for hydroxylation is 1. The topological polar surface area (TPSA) is 133 Å². The SMILES string of the molecule is CCN(CC)c1ccc(/C=N/N(C)c2ccccc2)c(OCC(O)CN(/N=C/c2ccc3c(c2)c2cc(/C=N/N(CC(O)COc4cc(N(CC)CC)ccc4/C=N/N(C)c4ccccc4)c4ccccc4)ccc2n3CC)c2ccccc2)c1. The lowest BCUT2D eigenvalue weighted by atomic mass is 10.1. The summed E-state index contributed by atoms with van der Waals surface area (Å²) in [5.74, 6) is 1.26. The zero-order chi connectivity index (χ0) is 59.5. The van der Waals surface area contributed by atoms with Gasteiger partial charge in [-0.3, -0.25) is 20.0 Å². The Labute approximate surface area is 500 Å². The quantitative estimate of drug-likeness (QED) is 0.0345. The van der Waals surface area contributed by atoms with Gasteiger partial charge in [0.25, 0.3) is 0 Å². The molecule has 0 amide bonds. The third kappa shape index (κ3) is 15.6. The summed E-state index contributed by atoms with van der Waals surface area (Å²) in [6, 6.07) is 64.7. The molecule has 1 heterocycles. The Balaban J connectivity index is 0.926. The van der Waals surface area contributed by atoms with Crippen LogP contribution in [0.25, 0.3) is 21.8 Å². The van der Waals surface area contributed by atoms with Crippen LogP contribution >= 0.6 is 0 Å². The Kier molecular flexibility index (Phi) is 21.0. The molecule has 0 aliphatic heterocycles. The van der Waals surface area contributed by atoms with Crippen LogP contribution in [-0.4, -0.2) is 118 Å². The predicted molar refractivity (Wildman–Crippen MR) is 356 cm³/mol. The van der Waals surface area contributed by atoms with Crippen LogP contribution in [-0.2, 0) is 6.54 Å². The van der Waals surface area contributed by atoms with E-state index < -0.39 is 12.2 Å². The minimum atomic E-state index is -0.905. The van der Waals surface area contributed by atoms with Gasteiger partial charge in [0.05, 0.1) is 60.7 Å². The summed E-state index contributed by atoms with van der Waals surface area (Å²) in [5, 5.41) is 52.3. The number of anilines is 6. The molecule has 2 unspecified atom stereocenters. The summed E-state index contributed by atoms with van der Waals surface area (Å²) >= 11 is 0. The maximum atomic E-state index is 11.7. The van der Waals surface area contributed by atoms with E-state index >= 15 is 0 Å². The lowest BCUT2D eigenvalue weighted by molar-refractivity contribution is 0.112. The van der Waals surface area contributed by atoms with Crippen molar-refractivity contribution in [3.63, 3.8) is 0 Å². The molecule has 0 spiro atoms. The third-order valence-corrected chi connectivity index (χ3v) is 14.9. The Morgan fingerprint density at radius 2 is 0.776 bits per heavy atom. The smallest absolute Gasteiger partial charge is 0.130 e. The fourth-order valence-corrected chi connectivity index (χ4v) is 10.2. The van der Waals surface area contributed by atoms with Crippen molar-refractivity contribution in [1.29, 1.82) is 0 Å². The fourth-order valence-electron chi connectivity index (χ4n) is 10.2. The largest absolute Gasteiger partial charge is 0.490 e. The molecule has 8 aromatic carbocycles. The van der Waals surface area contributed by atoms with E-state index in [1.165, 1.54) is 0 Å². The molecule has 0 saturated heterocycles. The molecular weight excluding hydrogens is 1060 g/mol. The van der Waals surface area contributed by atoms with E-state index in [2.05, 4.69) is 97.5 Å². The van der Waals surface area contributed by atoms with Gasteiger partial charge in [0, 0.05) is 103 Å². The summed E-state index contributed by atoms with van der Waals surface area (Å²) in [4.78, 5) is 4.52. The molecule has 0 aliphatic rings. The molecule has 15 heteroatoms. The lowest BCUT2D eigenvalue weighted by Crippen LogP contribution is -2.33. The maximum absolute atomic E-state index is 11.7. The van der Waals surface area contributed by atoms with Crippen molar-refractivity contribution in [2.45, 2.75) is 53.4 Å². The summed E-state index contributed by atoms with van der Waals surface area (Å²) in [7, 11) is 3.82. The van der Waals surface area contributed by atoms with E-state index in [1.807, 2.05) is 192 Å². The maximum Gasteiger partial charge on any atom is 0.130 e. The van der Waals surface area contributed by atoms with Crippen LogP contribution < -0.4 is 39.3 Å². The average molecular weight is 1140 g/mol. The van der Waals surface area contributed by atoms with E-state index in [0.717, 1.165) is 111 Å². The van der Waals surface area contributed by atoms with Crippen LogP contribution in [0.2, 0.25) is 0 Å². The molecule has 9 aromatic rings. The normalized spacial score (nSPS) is 12.4. The number of nitrogens with zero attached hydrogens (tertiary/aromatic N) is 11. The molecule has 9 rings (SSSR count). The Bertz CT molecular complexity index is 3430. The molecular formula is C70H79N11O4. The molecule has 0 radical (unpaired) electrons. The first-order chi connectivity index (χ1) is 41.5. The van der Waals surface area contributed by atoms with E-state index in [0.29, 0.717) is 11.5 Å². The summed E-state index contributed by atoms with van der Waals surface area (Å²) < 4.78 is 15.2. The molecule has 438 valence electrons. The van der Waals surface area contributed by atoms with Crippen molar-refractivity contribution >= 4 is 80.8 Å². The Morgan fingerprint density at radius 3 is 1.13 bits per heavy atom. The van der Waals surface area contributed by atoms with Crippen molar-refractivity contribution in [2.24, 2.45) is 20.4 Å². The molecule has 15 nitrogen and oxygen atoms in total. The molecule has 0 bridgehead atoms. The number of rotatable bonds is 29. The number of fused-ring (bicyclic) bond motifs is 3. The first-order valence-corrected chi connectivity index (χ1v) is 29.4. The minimum absolute atomic E-state index is 0.0277. The highest BCUT2D eigenvalue weighted by Gasteiger charge is 2.19. The van der Waals surface area contributed by atoms with Gasteiger partial charge in [-0.1, -0.05) is 84.9 Å². The number of para-hydroxylation sites is 4. The molecule has 0 fully saturated rings. The number of hydrazone groups is 4. The van der Waals surface area contributed by atoms with Gasteiger partial charge in [0.15, 0.2) is 0 Å². The highest BCUT2D eigenvalue weighted by Crippen LogP contribution is 2.32. The summed E-state index contributed by atoms with van der Waals surface area (Å²) in [6.07, 6.45) is 5.47. The van der Waals surface area contributed by atoms with E-state index in [4.69, 9.17) is 29.9 Å². The summed E-state index contributed by atoms with van der Waals surface area (Å²) in [5.41, 5.74) is 11.3. The zero-order valence-electron chi connectivity index (χ0n) is 49.9. The molecule has 85 heavy (non-hydrogen) atoms. The Morgan fingerprint density at radius 1 is 0.412 bits per heavy atom. The lowest BCUT2D eigenvalue weighted by Gasteiger charge is -2.24.